The van der Waals surface area contributed by atoms with Gasteiger partial charge in [-0.25, -0.2) is 0 Å². The Bertz CT molecular complexity index is 409. The van der Waals surface area contributed by atoms with Crippen LogP contribution in [-0.4, -0.2) is 43.2 Å². The van der Waals surface area contributed by atoms with E-state index in [0.717, 1.165) is 5.56 Å². The summed E-state index contributed by atoms with van der Waals surface area (Å²) in [7, 11) is -1.70. The zero-order chi connectivity index (χ0) is 14.5. The molecule has 0 unspecified atom stereocenters. The number of benzene rings is 1. The van der Waals surface area contributed by atoms with Gasteiger partial charge in [-0.1, -0.05) is 17.7 Å². The Hall–Kier alpha value is -1.25. The van der Waals surface area contributed by atoms with Gasteiger partial charge in [0.25, 0.3) is 0 Å². The minimum atomic E-state index is -4.36. The van der Waals surface area contributed by atoms with Crippen LogP contribution in [0.5, 0.6) is 5.75 Å². The summed E-state index contributed by atoms with van der Waals surface area (Å²) in [5.74, 6) is 0.205. The lowest BCUT2D eigenvalue weighted by molar-refractivity contribution is -0.175. The van der Waals surface area contributed by atoms with Crippen LogP contribution in [0.2, 0.25) is 0 Å². The van der Waals surface area contributed by atoms with E-state index in [1.54, 1.807) is 13.0 Å². The standard InChI is InChI=1S/C11H14BF3O4/c1-8-2-3-10(9(6-8)12(16)17)19-5-4-18-7-11(13,14)15/h2-3,6,16-17H,4-5,7H2,1H3. The van der Waals surface area contributed by atoms with Crippen molar-refractivity contribution in [2.45, 2.75) is 13.1 Å². The Morgan fingerprint density at radius 1 is 1.21 bits per heavy atom. The predicted octanol–water partition coefficient (Wildman–Crippen LogP) is 0.633. The summed E-state index contributed by atoms with van der Waals surface area (Å²) in [5.41, 5.74) is 0.972. The number of rotatable bonds is 6. The van der Waals surface area contributed by atoms with Gasteiger partial charge in [0.05, 0.1) is 6.61 Å². The molecule has 4 nitrogen and oxygen atoms in total. The Kier molecular flexibility index (Phi) is 5.65. The summed E-state index contributed by atoms with van der Waals surface area (Å²) >= 11 is 0. The SMILES string of the molecule is Cc1ccc(OCCOCC(F)(F)F)c(B(O)O)c1. The Morgan fingerprint density at radius 2 is 1.89 bits per heavy atom. The van der Waals surface area contributed by atoms with Gasteiger partial charge >= 0.3 is 13.3 Å². The summed E-state index contributed by atoms with van der Waals surface area (Å²) in [6.07, 6.45) is -4.36. The van der Waals surface area contributed by atoms with Crippen molar-refractivity contribution in [1.29, 1.82) is 0 Å². The normalized spacial score (nSPS) is 11.5. The lowest BCUT2D eigenvalue weighted by Crippen LogP contribution is -2.32. The molecule has 0 bridgehead atoms. The van der Waals surface area contributed by atoms with E-state index >= 15 is 0 Å². The quantitative estimate of drug-likeness (QED) is 0.592. The van der Waals surface area contributed by atoms with Gasteiger partial charge < -0.3 is 19.5 Å². The highest BCUT2D eigenvalue weighted by Gasteiger charge is 2.27. The predicted molar refractivity (Wildman–Crippen MR) is 63.4 cm³/mol. The molecule has 2 N–H and O–H groups in total. The van der Waals surface area contributed by atoms with Crippen LogP contribution in [0.25, 0.3) is 0 Å². The van der Waals surface area contributed by atoms with Crippen molar-refractivity contribution >= 4 is 12.6 Å². The van der Waals surface area contributed by atoms with Gasteiger partial charge in [-0.15, -0.1) is 0 Å². The van der Waals surface area contributed by atoms with Crippen LogP contribution < -0.4 is 10.2 Å². The number of aryl methyl sites for hydroxylation is 1. The molecule has 0 aliphatic rings. The molecule has 0 aliphatic carbocycles. The lowest BCUT2D eigenvalue weighted by atomic mass is 9.79. The number of alkyl halides is 3. The molecule has 0 saturated heterocycles. The topological polar surface area (TPSA) is 58.9 Å². The minimum Gasteiger partial charge on any atom is -0.492 e. The fourth-order valence-electron chi connectivity index (χ4n) is 1.40. The molecule has 0 radical (unpaired) electrons. The van der Waals surface area contributed by atoms with Crippen LogP contribution in [-0.2, 0) is 4.74 Å². The molecule has 0 amide bonds. The van der Waals surface area contributed by atoms with Crippen LogP contribution in [0.1, 0.15) is 5.56 Å². The molecule has 1 rings (SSSR count). The van der Waals surface area contributed by atoms with Crippen molar-refractivity contribution in [1.82, 2.24) is 0 Å². The van der Waals surface area contributed by atoms with Gasteiger partial charge in [0.2, 0.25) is 0 Å². The van der Waals surface area contributed by atoms with Gasteiger partial charge in [-0.05, 0) is 13.0 Å². The van der Waals surface area contributed by atoms with Crippen molar-refractivity contribution in [3.63, 3.8) is 0 Å². The Labute approximate surface area is 108 Å². The molecule has 19 heavy (non-hydrogen) atoms. The zero-order valence-corrected chi connectivity index (χ0v) is 10.3. The maximum absolute atomic E-state index is 11.8. The molecule has 0 aliphatic heterocycles. The molecule has 1 aromatic rings. The summed E-state index contributed by atoms with van der Waals surface area (Å²) in [4.78, 5) is 0. The molecule has 0 fully saturated rings. The maximum Gasteiger partial charge on any atom is 0.492 e. The van der Waals surface area contributed by atoms with E-state index in [9.17, 15) is 13.2 Å². The van der Waals surface area contributed by atoms with Crippen LogP contribution in [0.15, 0.2) is 18.2 Å². The lowest BCUT2D eigenvalue weighted by Gasteiger charge is -2.12. The summed E-state index contributed by atoms with van der Waals surface area (Å²) in [6.45, 7) is 0.0784. The van der Waals surface area contributed by atoms with E-state index in [-0.39, 0.29) is 24.4 Å². The molecule has 0 heterocycles. The number of hydrogen-bond donors (Lipinski definition) is 2. The van der Waals surface area contributed by atoms with Crippen molar-refractivity contribution in [2.24, 2.45) is 0 Å². The fourth-order valence-corrected chi connectivity index (χ4v) is 1.40. The zero-order valence-electron chi connectivity index (χ0n) is 10.3. The largest absolute Gasteiger partial charge is 0.492 e. The van der Waals surface area contributed by atoms with E-state index < -0.39 is 19.9 Å². The minimum absolute atomic E-state index is 0.112. The molecule has 1 aromatic carbocycles. The van der Waals surface area contributed by atoms with Gasteiger partial charge in [-0.2, -0.15) is 13.2 Å². The molecular weight excluding hydrogens is 264 g/mol. The van der Waals surface area contributed by atoms with E-state index in [1.165, 1.54) is 12.1 Å². The molecule has 106 valence electrons. The maximum atomic E-state index is 11.8. The van der Waals surface area contributed by atoms with Crippen molar-refractivity contribution in [3.8, 4) is 5.75 Å². The van der Waals surface area contributed by atoms with E-state index in [2.05, 4.69) is 4.74 Å². The fraction of sp³-hybridized carbons (Fsp3) is 0.455. The average Bonchev–Trinajstić information content (AvgIpc) is 2.28. The first-order valence-electron chi connectivity index (χ1n) is 5.53. The molecular formula is C11H14BF3O4. The second kappa shape index (κ2) is 6.79. The third-order valence-electron chi connectivity index (χ3n) is 2.19. The summed E-state index contributed by atoms with van der Waals surface area (Å²) < 4.78 is 44.9. The number of halogens is 3. The van der Waals surface area contributed by atoms with Gasteiger partial charge in [0.15, 0.2) is 0 Å². The summed E-state index contributed by atoms with van der Waals surface area (Å²) in [6, 6.07) is 4.74. The molecule has 0 aromatic heterocycles. The van der Waals surface area contributed by atoms with E-state index in [1.807, 2.05) is 0 Å². The van der Waals surface area contributed by atoms with Crippen LogP contribution in [0, 0.1) is 6.92 Å². The van der Waals surface area contributed by atoms with Crippen molar-refractivity contribution in [2.75, 3.05) is 19.8 Å². The Balaban J connectivity index is 2.45. The molecule has 0 spiro atoms. The summed E-state index contributed by atoms with van der Waals surface area (Å²) in [5, 5.41) is 18.3. The average molecular weight is 278 g/mol. The van der Waals surface area contributed by atoms with E-state index in [4.69, 9.17) is 14.8 Å². The first-order chi connectivity index (χ1) is 8.79. The van der Waals surface area contributed by atoms with Gasteiger partial charge in [0.1, 0.15) is 19.0 Å². The molecule has 0 atom stereocenters. The highest BCUT2D eigenvalue weighted by Crippen LogP contribution is 2.14. The molecule has 8 heteroatoms. The van der Waals surface area contributed by atoms with Crippen molar-refractivity contribution in [3.05, 3.63) is 23.8 Å². The van der Waals surface area contributed by atoms with E-state index in [0.29, 0.717) is 0 Å². The first-order valence-corrected chi connectivity index (χ1v) is 5.53. The monoisotopic (exact) mass is 278 g/mol. The van der Waals surface area contributed by atoms with Gasteiger partial charge in [-0.3, -0.25) is 0 Å². The second-order valence-corrected chi connectivity index (χ2v) is 3.93. The van der Waals surface area contributed by atoms with Crippen LogP contribution in [0.3, 0.4) is 0 Å². The third kappa shape index (κ3) is 5.95. The Morgan fingerprint density at radius 3 is 2.47 bits per heavy atom. The smallest absolute Gasteiger partial charge is 0.492 e. The number of hydrogen-bond acceptors (Lipinski definition) is 4. The van der Waals surface area contributed by atoms with Crippen molar-refractivity contribution < 1.29 is 32.7 Å². The first kappa shape index (κ1) is 15.8. The highest BCUT2D eigenvalue weighted by atomic mass is 19.4. The molecule has 0 saturated carbocycles. The van der Waals surface area contributed by atoms with Gasteiger partial charge in [0, 0.05) is 5.46 Å². The van der Waals surface area contributed by atoms with Crippen LogP contribution in [0.4, 0.5) is 13.2 Å². The second-order valence-electron chi connectivity index (χ2n) is 3.93. The third-order valence-corrected chi connectivity index (χ3v) is 2.19. The highest BCUT2D eigenvalue weighted by molar-refractivity contribution is 6.59. The van der Waals surface area contributed by atoms with Crippen LogP contribution >= 0.6 is 0 Å². The number of ether oxygens (including phenoxy) is 2.